The zero-order valence-corrected chi connectivity index (χ0v) is 17.6. The van der Waals surface area contributed by atoms with Crippen molar-refractivity contribution in [2.24, 2.45) is 5.16 Å². The minimum atomic E-state index is -4.10. The summed E-state index contributed by atoms with van der Waals surface area (Å²) in [7, 11) is -4.10. The Hall–Kier alpha value is -3.71. The second-order valence-electron chi connectivity index (χ2n) is 7.17. The zero-order chi connectivity index (χ0) is 22.0. The Kier molecular flexibility index (Phi) is 5.44. The maximum atomic E-state index is 12.7. The van der Waals surface area contributed by atoms with Crippen LogP contribution in [0.5, 0.6) is 0 Å². The number of hydrogen-bond donors (Lipinski definition) is 1. The van der Waals surface area contributed by atoms with Gasteiger partial charge in [-0.15, -0.1) is 0 Å². The second kappa shape index (κ2) is 8.20. The van der Waals surface area contributed by atoms with E-state index < -0.39 is 10.1 Å². The number of amides is 1. The molecule has 4 rings (SSSR count). The molecular formula is C24H20N2O4S. The van der Waals surface area contributed by atoms with E-state index >= 15 is 0 Å². The van der Waals surface area contributed by atoms with Crippen LogP contribution >= 0.6 is 0 Å². The van der Waals surface area contributed by atoms with Crippen LogP contribution in [0, 0.1) is 0 Å². The van der Waals surface area contributed by atoms with E-state index in [-0.39, 0.29) is 17.3 Å². The van der Waals surface area contributed by atoms with E-state index in [1.54, 1.807) is 19.1 Å². The summed E-state index contributed by atoms with van der Waals surface area (Å²) >= 11 is 0. The molecule has 31 heavy (non-hydrogen) atoms. The molecule has 156 valence electrons. The third-order valence-corrected chi connectivity index (χ3v) is 6.05. The van der Waals surface area contributed by atoms with Crippen molar-refractivity contribution in [3.63, 3.8) is 0 Å². The summed E-state index contributed by atoms with van der Waals surface area (Å²) in [5.74, 6) is -0.256. The lowest BCUT2D eigenvalue weighted by molar-refractivity contribution is -0.117. The van der Waals surface area contributed by atoms with Gasteiger partial charge >= 0.3 is 10.1 Å². The van der Waals surface area contributed by atoms with Gasteiger partial charge in [0.1, 0.15) is 10.6 Å². The molecule has 0 fully saturated rings. The van der Waals surface area contributed by atoms with Crippen molar-refractivity contribution >= 4 is 21.7 Å². The molecule has 7 heteroatoms. The number of nitrogens with zero attached hydrogens (tertiary/aromatic N) is 1. The lowest BCUT2D eigenvalue weighted by atomic mass is 10.1. The van der Waals surface area contributed by atoms with Gasteiger partial charge in [0.05, 0.1) is 0 Å². The maximum Gasteiger partial charge on any atom is 0.358 e. The Morgan fingerprint density at radius 2 is 1.42 bits per heavy atom. The van der Waals surface area contributed by atoms with Gasteiger partial charge in [-0.25, -0.2) is 0 Å². The predicted molar refractivity (Wildman–Crippen MR) is 119 cm³/mol. The second-order valence-corrected chi connectivity index (χ2v) is 8.70. The van der Waals surface area contributed by atoms with Crippen LogP contribution in [-0.2, 0) is 25.7 Å². The first-order valence-electron chi connectivity index (χ1n) is 9.60. The molecule has 1 N–H and O–H groups in total. The van der Waals surface area contributed by atoms with Crippen LogP contribution in [0.25, 0.3) is 11.1 Å². The van der Waals surface area contributed by atoms with E-state index in [4.69, 9.17) is 4.28 Å². The van der Waals surface area contributed by atoms with Crippen LogP contribution in [0.15, 0.2) is 95.0 Å². The molecular weight excluding hydrogens is 412 g/mol. The molecule has 0 bridgehead atoms. The van der Waals surface area contributed by atoms with Gasteiger partial charge in [0, 0.05) is 23.2 Å². The zero-order valence-electron chi connectivity index (χ0n) is 16.8. The van der Waals surface area contributed by atoms with Crippen LogP contribution in [0.3, 0.4) is 0 Å². The normalized spacial score (nSPS) is 12.0. The number of carbonyl (C=O) groups excluding carboxylic acids is 1. The highest BCUT2D eigenvalue weighted by Crippen LogP contribution is 2.36. The number of nitrogens with one attached hydrogen (secondary N) is 1. The van der Waals surface area contributed by atoms with Crippen LogP contribution in [0.4, 0.5) is 0 Å². The molecule has 1 aliphatic carbocycles. The fraction of sp³-hybridized carbons (Fsp3) is 0.0833. The Balaban J connectivity index is 1.55. The van der Waals surface area contributed by atoms with Crippen molar-refractivity contribution in [1.29, 1.82) is 0 Å². The first kappa shape index (κ1) is 20.6. The summed E-state index contributed by atoms with van der Waals surface area (Å²) in [6.07, 6.45) is 0. The fourth-order valence-electron chi connectivity index (χ4n) is 3.33. The molecule has 3 aromatic carbocycles. The molecule has 0 radical (unpaired) electrons. The first-order valence-corrected chi connectivity index (χ1v) is 11.0. The minimum Gasteiger partial charge on any atom is -0.348 e. The molecule has 1 amide bonds. The lowest BCUT2D eigenvalue weighted by Crippen LogP contribution is -2.22. The Morgan fingerprint density at radius 1 is 0.903 bits per heavy atom. The standard InChI is InChI=1S/C24H20N2O4S/c1-16(2)24(27)25-15-17-11-13-18(14-12-17)31(28,29)30-26-23-21-9-5-3-7-19(21)20-8-4-6-10-22(20)23/h3-14H,1,15H2,2H3,(H,25,27). The molecule has 0 saturated heterocycles. The van der Waals surface area contributed by atoms with Gasteiger partial charge in [0.2, 0.25) is 5.91 Å². The molecule has 0 spiro atoms. The number of carbonyl (C=O) groups is 1. The number of rotatable bonds is 6. The van der Waals surface area contributed by atoms with Crippen molar-refractivity contribution in [3.8, 4) is 11.1 Å². The summed E-state index contributed by atoms with van der Waals surface area (Å²) in [6.45, 7) is 5.46. The van der Waals surface area contributed by atoms with Crippen LogP contribution in [-0.4, -0.2) is 20.0 Å². The first-order chi connectivity index (χ1) is 14.9. The van der Waals surface area contributed by atoms with Crippen molar-refractivity contribution in [3.05, 3.63) is 102 Å². The van der Waals surface area contributed by atoms with E-state index in [9.17, 15) is 13.2 Å². The number of oxime groups is 1. The van der Waals surface area contributed by atoms with Crippen molar-refractivity contribution < 1.29 is 17.5 Å². The van der Waals surface area contributed by atoms with E-state index in [0.29, 0.717) is 11.3 Å². The lowest BCUT2D eigenvalue weighted by Gasteiger charge is -2.07. The summed E-state index contributed by atoms with van der Waals surface area (Å²) in [4.78, 5) is 11.6. The third kappa shape index (κ3) is 4.13. The quantitative estimate of drug-likeness (QED) is 0.368. The number of hydrogen-bond acceptors (Lipinski definition) is 5. The summed E-state index contributed by atoms with van der Waals surface area (Å²) < 4.78 is 30.4. The van der Waals surface area contributed by atoms with Crippen molar-refractivity contribution in [2.75, 3.05) is 0 Å². The Morgan fingerprint density at radius 3 is 1.94 bits per heavy atom. The predicted octanol–water partition coefficient (Wildman–Crippen LogP) is 4.02. The Labute approximate surface area is 181 Å². The number of benzene rings is 3. The largest absolute Gasteiger partial charge is 0.358 e. The molecule has 1 aliphatic rings. The topological polar surface area (TPSA) is 84.8 Å². The van der Waals surface area contributed by atoms with Crippen molar-refractivity contribution in [2.45, 2.75) is 18.4 Å². The third-order valence-electron chi connectivity index (χ3n) is 4.93. The molecule has 0 atom stereocenters. The molecule has 0 heterocycles. The Bertz CT molecular complexity index is 1260. The molecule has 0 unspecified atom stereocenters. The highest BCUT2D eigenvalue weighted by atomic mass is 32.2. The highest BCUT2D eigenvalue weighted by molar-refractivity contribution is 7.86. The summed E-state index contributed by atoms with van der Waals surface area (Å²) in [5, 5.41) is 6.71. The van der Waals surface area contributed by atoms with Gasteiger partial charge in [-0.1, -0.05) is 72.4 Å². The van der Waals surface area contributed by atoms with E-state index in [2.05, 4.69) is 17.1 Å². The molecule has 6 nitrogen and oxygen atoms in total. The van der Waals surface area contributed by atoms with Gasteiger partial charge in [0.25, 0.3) is 0 Å². The van der Waals surface area contributed by atoms with Crippen LogP contribution in [0.2, 0.25) is 0 Å². The smallest absolute Gasteiger partial charge is 0.348 e. The average Bonchev–Trinajstić information content (AvgIpc) is 3.10. The van der Waals surface area contributed by atoms with Gasteiger partial charge in [0.15, 0.2) is 0 Å². The van der Waals surface area contributed by atoms with Gasteiger partial charge < -0.3 is 5.32 Å². The van der Waals surface area contributed by atoms with Gasteiger partial charge in [-0.05, 0) is 35.7 Å². The SMILES string of the molecule is C=C(C)C(=O)NCc1ccc(S(=O)(=O)ON=C2c3ccccc3-c3ccccc32)cc1. The molecule has 0 aromatic heterocycles. The van der Waals surface area contributed by atoms with Gasteiger partial charge in [-0.3, -0.25) is 9.08 Å². The molecule has 0 aliphatic heterocycles. The minimum absolute atomic E-state index is 0.0219. The number of fused-ring (bicyclic) bond motifs is 3. The highest BCUT2D eigenvalue weighted by Gasteiger charge is 2.26. The van der Waals surface area contributed by atoms with E-state index in [0.717, 1.165) is 27.8 Å². The summed E-state index contributed by atoms with van der Waals surface area (Å²) in [6, 6.07) is 21.4. The fourth-order valence-corrected chi connectivity index (χ4v) is 4.06. The maximum absolute atomic E-state index is 12.7. The van der Waals surface area contributed by atoms with Gasteiger partial charge in [-0.2, -0.15) is 8.42 Å². The molecule has 0 saturated carbocycles. The summed E-state index contributed by atoms with van der Waals surface area (Å²) in [5.41, 5.74) is 5.25. The van der Waals surface area contributed by atoms with E-state index in [1.165, 1.54) is 12.1 Å². The molecule has 3 aromatic rings. The average molecular weight is 433 g/mol. The van der Waals surface area contributed by atoms with Crippen LogP contribution < -0.4 is 5.32 Å². The van der Waals surface area contributed by atoms with Crippen molar-refractivity contribution in [1.82, 2.24) is 5.32 Å². The monoisotopic (exact) mass is 432 g/mol. The van der Waals surface area contributed by atoms with E-state index in [1.807, 2.05) is 48.5 Å². The van der Waals surface area contributed by atoms with Crippen LogP contribution in [0.1, 0.15) is 23.6 Å².